The van der Waals surface area contributed by atoms with Gasteiger partial charge in [0.2, 0.25) is 0 Å². The Morgan fingerprint density at radius 2 is 0.329 bits per heavy atom. The van der Waals surface area contributed by atoms with Crippen molar-refractivity contribution < 1.29 is 13.3 Å². The summed E-state index contributed by atoms with van der Waals surface area (Å²) in [6.45, 7) is 0. The molecular weight excluding hydrogens is 1820 g/mol. The second-order valence-corrected chi connectivity index (χ2v) is 37.7. The standard InChI is InChI=1S/C47H29N3O.2C45H27N3O/c1-3-11-30(12-4-1)32-19-22-34(23-20-32)45-48-46(38-24-21-31-13-7-8-16-35(31)27-38)50-47(49-45)40-26-25-39(33-14-5-2-6-15-33)44-43(40)41-28-36-17-9-10-18-37(36)29-42(41)51-44;1-2-12-30(13-3-1)35-24-25-38(41-39-26-31-16-4-5-17-32(31)27-40(39)49-42(35)41)45-47-43(36-22-10-18-28-14-6-8-20-33(28)36)46-44(48-45)37-23-11-19-29-15-7-9-21-34(29)37;1-2-12-30(13-3-1)36-23-24-38(41-39-26-32-16-6-7-17-33(32)27-40(39)49-42(36)41)45-47-43(34-22-21-28-11-4-5-15-31(28)25-34)46-44(48-45)37-20-10-18-29-14-8-9-19-35(29)37/h1-29H;2*1-27H. The highest BCUT2D eigenvalue weighted by Gasteiger charge is 2.28. The van der Waals surface area contributed by atoms with Gasteiger partial charge in [-0.3, -0.25) is 0 Å². The summed E-state index contributed by atoms with van der Waals surface area (Å²) >= 11 is 0. The van der Waals surface area contributed by atoms with Crippen molar-refractivity contribution in [2.75, 3.05) is 0 Å². The van der Waals surface area contributed by atoms with E-state index in [4.69, 9.17) is 58.1 Å². The molecule has 6 heterocycles. The molecule has 0 fully saturated rings. The van der Waals surface area contributed by atoms with E-state index in [1.807, 2.05) is 24.3 Å². The summed E-state index contributed by atoms with van der Waals surface area (Å²) in [5.74, 6) is 5.53. The molecule has 30 rings (SSSR count). The maximum atomic E-state index is 6.78. The van der Waals surface area contributed by atoms with Gasteiger partial charge in [-0.1, -0.05) is 419 Å². The van der Waals surface area contributed by atoms with E-state index in [-0.39, 0.29) is 0 Å². The van der Waals surface area contributed by atoms with Gasteiger partial charge in [0.05, 0.1) is 0 Å². The molecule has 0 aliphatic heterocycles. The molecule has 0 aliphatic rings. The number of furan rings is 3. The van der Waals surface area contributed by atoms with E-state index in [1.165, 1.54) is 10.8 Å². The summed E-state index contributed by atoms with van der Waals surface area (Å²) < 4.78 is 20.3. The largest absolute Gasteiger partial charge is 0.455 e. The molecule has 12 heteroatoms. The number of hydrogen-bond donors (Lipinski definition) is 0. The lowest BCUT2D eigenvalue weighted by atomic mass is 9.97. The minimum Gasteiger partial charge on any atom is -0.455 e. The van der Waals surface area contributed by atoms with Crippen LogP contribution in [0.4, 0.5) is 0 Å². The molecule has 0 N–H and O–H groups in total. The molecule has 24 aromatic carbocycles. The summed E-state index contributed by atoms with van der Waals surface area (Å²) in [6, 6.07) is 175. The molecule has 0 saturated carbocycles. The predicted octanol–water partition coefficient (Wildman–Crippen LogP) is 36.2. The zero-order valence-corrected chi connectivity index (χ0v) is 80.2. The fraction of sp³-hybridized carbons (Fsp3) is 0. The highest BCUT2D eigenvalue weighted by Crippen LogP contribution is 2.49. The van der Waals surface area contributed by atoms with Crippen LogP contribution in [-0.2, 0) is 0 Å². The van der Waals surface area contributed by atoms with Crippen molar-refractivity contribution in [3.05, 3.63) is 504 Å². The van der Waals surface area contributed by atoms with E-state index in [9.17, 15) is 0 Å². The van der Waals surface area contributed by atoms with Crippen molar-refractivity contribution in [1.29, 1.82) is 0 Å². The SMILES string of the molecule is c1ccc(-c2ccc(-c3nc(-c4ccc5ccccc5c4)nc(-c4ccc(-c5ccccc5)c5oc6cc7ccccc7cc6c45)n3)cc2)cc1.c1ccc(-c2ccc(-c3nc(-c4ccc5ccccc5c4)nc(-c4cccc5ccccc45)n3)c3c2oc2cc4ccccc4cc23)cc1.c1ccc(-c2ccc(-c3nc(-c4cccc5ccccc45)nc(-c4cccc5ccccc45)n3)c3c2oc2cc4ccccc4cc23)cc1. The van der Waals surface area contributed by atoms with Crippen molar-refractivity contribution in [2.24, 2.45) is 0 Å². The molecule has 0 unspecified atom stereocenters. The maximum absolute atomic E-state index is 6.78. The van der Waals surface area contributed by atoms with Crippen LogP contribution in [0, 0.1) is 0 Å². The monoisotopic (exact) mass is 1900 g/mol. The van der Waals surface area contributed by atoms with Crippen LogP contribution in [0.5, 0.6) is 0 Å². The number of fused-ring (bicyclic) bond motifs is 17. The van der Waals surface area contributed by atoms with Gasteiger partial charge in [-0.15, -0.1) is 0 Å². The third-order valence-corrected chi connectivity index (χ3v) is 28.7. The molecule has 0 aliphatic carbocycles. The predicted molar refractivity (Wildman–Crippen MR) is 612 cm³/mol. The van der Waals surface area contributed by atoms with Crippen LogP contribution in [-0.4, -0.2) is 44.9 Å². The molecule has 0 atom stereocenters. The summed E-state index contributed by atoms with van der Waals surface area (Å²) in [5, 5.41) is 24.2. The number of hydrogen-bond acceptors (Lipinski definition) is 12. The van der Waals surface area contributed by atoms with Crippen LogP contribution >= 0.6 is 0 Å². The lowest BCUT2D eigenvalue weighted by Crippen LogP contribution is -2.01. The zero-order chi connectivity index (χ0) is 98.4. The minimum atomic E-state index is 0.593. The molecule has 0 radical (unpaired) electrons. The van der Waals surface area contributed by atoms with Crippen LogP contribution in [0.3, 0.4) is 0 Å². The van der Waals surface area contributed by atoms with Gasteiger partial charge in [0, 0.05) is 99.1 Å². The van der Waals surface area contributed by atoms with E-state index in [2.05, 4.69) is 479 Å². The van der Waals surface area contributed by atoms with Crippen molar-refractivity contribution in [3.8, 4) is 147 Å². The van der Waals surface area contributed by atoms with Gasteiger partial charge in [0.1, 0.15) is 33.5 Å². The molecule has 6 aromatic heterocycles. The Bertz CT molecular complexity index is 10500. The van der Waals surface area contributed by atoms with Gasteiger partial charge in [-0.2, -0.15) is 0 Å². The van der Waals surface area contributed by atoms with E-state index >= 15 is 0 Å². The summed E-state index contributed by atoms with van der Waals surface area (Å²) in [4.78, 5) is 46.9. The van der Waals surface area contributed by atoms with E-state index in [0.717, 1.165) is 236 Å². The molecule has 30 aromatic rings. The number of nitrogens with zero attached hydrogens (tertiary/aromatic N) is 9. The Morgan fingerprint density at radius 1 is 0.114 bits per heavy atom. The van der Waals surface area contributed by atoms with Crippen LogP contribution in [0.1, 0.15) is 0 Å². The molecule has 0 spiro atoms. The average molecular weight is 1900 g/mol. The molecule has 149 heavy (non-hydrogen) atoms. The van der Waals surface area contributed by atoms with Gasteiger partial charge in [-0.05, 0) is 199 Å². The molecule has 0 saturated heterocycles. The third-order valence-electron chi connectivity index (χ3n) is 28.7. The van der Waals surface area contributed by atoms with Crippen LogP contribution in [0.25, 0.3) is 299 Å². The van der Waals surface area contributed by atoms with Gasteiger partial charge < -0.3 is 13.3 Å². The Morgan fingerprint density at radius 3 is 0.651 bits per heavy atom. The van der Waals surface area contributed by atoms with E-state index in [1.54, 1.807) is 0 Å². The zero-order valence-electron chi connectivity index (χ0n) is 80.2. The van der Waals surface area contributed by atoms with E-state index in [0.29, 0.717) is 52.4 Å². The fourth-order valence-electron chi connectivity index (χ4n) is 21.4. The van der Waals surface area contributed by atoms with Crippen molar-refractivity contribution in [1.82, 2.24) is 44.9 Å². The average Bonchev–Trinajstić information content (AvgIpc) is 1.59. The van der Waals surface area contributed by atoms with Crippen LogP contribution in [0.2, 0.25) is 0 Å². The summed E-state index contributed by atoms with van der Waals surface area (Å²) in [6.07, 6.45) is 0. The Balaban J connectivity index is 0.000000108. The Labute approximate surface area is 854 Å². The first-order valence-electron chi connectivity index (χ1n) is 50.0. The van der Waals surface area contributed by atoms with Crippen molar-refractivity contribution in [2.45, 2.75) is 0 Å². The molecule has 0 bridgehead atoms. The Hall–Kier alpha value is -20.2. The molecule has 12 nitrogen and oxygen atoms in total. The second kappa shape index (κ2) is 36.6. The number of aromatic nitrogens is 9. The number of rotatable bonds is 13. The molecule has 694 valence electrons. The molecular formula is C137H83N9O3. The maximum Gasteiger partial charge on any atom is 0.164 e. The van der Waals surface area contributed by atoms with E-state index < -0.39 is 0 Å². The number of benzene rings is 24. The van der Waals surface area contributed by atoms with Gasteiger partial charge in [0.25, 0.3) is 0 Å². The highest BCUT2D eigenvalue weighted by molar-refractivity contribution is 6.22. The quantitative estimate of drug-likeness (QED) is 0.108. The van der Waals surface area contributed by atoms with Crippen molar-refractivity contribution in [3.63, 3.8) is 0 Å². The first kappa shape index (κ1) is 86.7. The second-order valence-electron chi connectivity index (χ2n) is 37.7. The topological polar surface area (TPSA) is 155 Å². The fourth-order valence-corrected chi connectivity index (χ4v) is 21.4. The summed E-state index contributed by atoms with van der Waals surface area (Å²) in [7, 11) is 0. The van der Waals surface area contributed by atoms with Gasteiger partial charge in [-0.25, -0.2) is 44.9 Å². The van der Waals surface area contributed by atoms with Crippen molar-refractivity contribution >= 4 is 152 Å². The first-order chi connectivity index (χ1) is 73.8. The van der Waals surface area contributed by atoms with Gasteiger partial charge in [0.15, 0.2) is 52.4 Å². The first-order valence-corrected chi connectivity index (χ1v) is 50.0. The Kier molecular flexibility index (Phi) is 21.3. The van der Waals surface area contributed by atoms with Crippen LogP contribution in [0.15, 0.2) is 517 Å². The lowest BCUT2D eigenvalue weighted by Gasteiger charge is -2.13. The smallest absolute Gasteiger partial charge is 0.164 e. The summed E-state index contributed by atoms with van der Waals surface area (Å²) in [5.41, 5.74) is 21.9. The molecule has 0 amide bonds. The van der Waals surface area contributed by atoms with Gasteiger partial charge >= 0.3 is 0 Å². The lowest BCUT2D eigenvalue weighted by molar-refractivity contribution is 0.670. The normalized spacial score (nSPS) is 11.6. The minimum absolute atomic E-state index is 0.593. The van der Waals surface area contributed by atoms with Crippen LogP contribution < -0.4 is 0 Å². The highest BCUT2D eigenvalue weighted by atomic mass is 16.3. The third kappa shape index (κ3) is 15.9.